The van der Waals surface area contributed by atoms with E-state index in [2.05, 4.69) is 31.1 Å². The molecule has 0 aliphatic carbocycles. The Morgan fingerprint density at radius 1 is 1.26 bits per heavy atom. The average Bonchev–Trinajstić information content (AvgIpc) is 2.66. The molecule has 3 nitrogen and oxygen atoms in total. The number of carbonyl (C=O) groups is 1. The molecule has 3 atom stereocenters. The van der Waals surface area contributed by atoms with Crippen molar-refractivity contribution in [3.05, 3.63) is 70.5 Å². The van der Waals surface area contributed by atoms with Crippen molar-refractivity contribution in [2.45, 2.75) is 38.3 Å². The molecule has 144 valence electrons. The minimum absolute atomic E-state index is 0.141. The summed E-state index contributed by atoms with van der Waals surface area (Å²) in [5.41, 5.74) is 0.943. The van der Waals surface area contributed by atoms with Crippen LogP contribution in [-0.4, -0.2) is 29.9 Å². The van der Waals surface area contributed by atoms with Crippen molar-refractivity contribution >= 4 is 17.5 Å². The van der Waals surface area contributed by atoms with Crippen LogP contribution in [0.25, 0.3) is 0 Å². The quantitative estimate of drug-likeness (QED) is 0.792. The molecule has 2 aromatic carbocycles. The van der Waals surface area contributed by atoms with Gasteiger partial charge in [0.05, 0.1) is 16.6 Å². The molecule has 0 radical (unpaired) electrons. The number of carbonyl (C=O) groups excluding carboxylic acids is 1. The van der Waals surface area contributed by atoms with E-state index >= 15 is 0 Å². The van der Waals surface area contributed by atoms with Crippen molar-refractivity contribution in [3.8, 4) is 0 Å². The number of hydrogen-bond donors (Lipinski definition) is 1. The SMILES string of the molecule is CC1CCC(C)([C@H](NC(=O)c2cccc(F)c2Cl)c2ccccc2)N(C)C1. The Kier molecular flexibility index (Phi) is 5.87. The number of halogens is 2. The second-order valence-electron chi connectivity index (χ2n) is 7.80. The number of piperidine rings is 1. The second-order valence-corrected chi connectivity index (χ2v) is 8.18. The lowest BCUT2D eigenvalue weighted by Crippen LogP contribution is -2.57. The van der Waals surface area contributed by atoms with Crippen LogP contribution in [-0.2, 0) is 0 Å². The summed E-state index contributed by atoms with van der Waals surface area (Å²) in [6.45, 7) is 5.40. The number of nitrogens with one attached hydrogen (secondary N) is 1. The van der Waals surface area contributed by atoms with Gasteiger partial charge in [0.1, 0.15) is 5.82 Å². The van der Waals surface area contributed by atoms with E-state index in [9.17, 15) is 9.18 Å². The van der Waals surface area contributed by atoms with Gasteiger partial charge in [-0.3, -0.25) is 9.69 Å². The maximum Gasteiger partial charge on any atom is 0.253 e. The van der Waals surface area contributed by atoms with Crippen molar-refractivity contribution in [1.29, 1.82) is 0 Å². The van der Waals surface area contributed by atoms with E-state index in [4.69, 9.17) is 11.6 Å². The lowest BCUT2D eigenvalue weighted by molar-refractivity contribution is 0.0276. The number of likely N-dealkylation sites (N-methyl/N-ethyl adjacent to an activating group) is 1. The summed E-state index contributed by atoms with van der Waals surface area (Å²) in [6, 6.07) is 14.0. The molecule has 0 aromatic heterocycles. The summed E-state index contributed by atoms with van der Waals surface area (Å²) in [6.07, 6.45) is 2.06. The molecule has 1 N–H and O–H groups in total. The third-order valence-corrected chi connectivity index (χ3v) is 6.21. The van der Waals surface area contributed by atoms with E-state index in [1.165, 1.54) is 12.1 Å². The zero-order valence-electron chi connectivity index (χ0n) is 16.0. The first kappa shape index (κ1) is 19.8. The van der Waals surface area contributed by atoms with Crippen LogP contribution in [0.2, 0.25) is 5.02 Å². The van der Waals surface area contributed by atoms with Gasteiger partial charge < -0.3 is 5.32 Å². The van der Waals surface area contributed by atoms with Crippen LogP contribution in [0, 0.1) is 11.7 Å². The molecular weight excluding hydrogens is 363 g/mol. The van der Waals surface area contributed by atoms with Gasteiger partial charge in [0.25, 0.3) is 5.91 Å². The monoisotopic (exact) mass is 388 g/mol. The van der Waals surface area contributed by atoms with Gasteiger partial charge in [-0.15, -0.1) is 0 Å². The van der Waals surface area contributed by atoms with Gasteiger partial charge in [0, 0.05) is 12.1 Å². The zero-order valence-corrected chi connectivity index (χ0v) is 16.8. The lowest BCUT2D eigenvalue weighted by Gasteiger charge is -2.50. The van der Waals surface area contributed by atoms with Crippen LogP contribution in [0.3, 0.4) is 0 Å². The van der Waals surface area contributed by atoms with Gasteiger partial charge in [-0.05, 0) is 50.4 Å². The van der Waals surface area contributed by atoms with Gasteiger partial charge in [-0.25, -0.2) is 4.39 Å². The molecule has 27 heavy (non-hydrogen) atoms. The van der Waals surface area contributed by atoms with Gasteiger partial charge in [0.2, 0.25) is 0 Å². The first-order chi connectivity index (χ1) is 12.8. The first-order valence-electron chi connectivity index (χ1n) is 9.34. The minimum Gasteiger partial charge on any atom is -0.343 e. The molecule has 1 aliphatic heterocycles. The number of nitrogens with zero attached hydrogens (tertiary/aromatic N) is 1. The molecule has 1 fully saturated rings. The Hall–Kier alpha value is -1.91. The van der Waals surface area contributed by atoms with E-state index in [0.717, 1.165) is 24.9 Å². The summed E-state index contributed by atoms with van der Waals surface area (Å²) in [5.74, 6) is -0.329. The molecule has 1 aliphatic rings. The number of hydrogen-bond acceptors (Lipinski definition) is 2. The average molecular weight is 389 g/mol. The van der Waals surface area contributed by atoms with Crippen molar-refractivity contribution in [2.75, 3.05) is 13.6 Å². The van der Waals surface area contributed by atoms with Gasteiger partial charge in [0.15, 0.2) is 0 Å². The number of amides is 1. The fourth-order valence-corrected chi connectivity index (χ4v) is 4.20. The number of benzene rings is 2. The Morgan fingerprint density at radius 2 is 1.96 bits per heavy atom. The Bertz CT molecular complexity index is 813. The molecule has 0 saturated carbocycles. The number of rotatable bonds is 4. The standard InChI is InChI=1S/C22H26ClFN2O/c1-15-12-13-22(2,26(3)14-15)20(16-8-5-4-6-9-16)25-21(27)17-10-7-11-18(24)19(17)23/h4-11,15,20H,12-14H2,1-3H3,(H,25,27)/t15?,20-,22?/m1/s1. The Balaban J connectivity index is 1.96. The third kappa shape index (κ3) is 4.02. The predicted molar refractivity (Wildman–Crippen MR) is 107 cm³/mol. The summed E-state index contributed by atoms with van der Waals surface area (Å²) in [5, 5.41) is 3.00. The molecule has 1 heterocycles. The molecule has 1 saturated heterocycles. The van der Waals surface area contributed by atoms with Crippen LogP contribution in [0.1, 0.15) is 48.7 Å². The highest BCUT2D eigenvalue weighted by Gasteiger charge is 2.42. The van der Waals surface area contributed by atoms with Crippen LogP contribution >= 0.6 is 11.6 Å². The van der Waals surface area contributed by atoms with E-state index < -0.39 is 5.82 Å². The fourth-order valence-electron chi connectivity index (χ4n) is 3.99. The van der Waals surface area contributed by atoms with Crippen molar-refractivity contribution in [2.24, 2.45) is 5.92 Å². The minimum atomic E-state index is -0.588. The summed E-state index contributed by atoms with van der Waals surface area (Å²) in [4.78, 5) is 15.3. The fraction of sp³-hybridized carbons (Fsp3) is 0.409. The molecule has 5 heteroatoms. The first-order valence-corrected chi connectivity index (χ1v) is 9.72. The highest BCUT2D eigenvalue weighted by atomic mass is 35.5. The summed E-state index contributed by atoms with van der Waals surface area (Å²) in [7, 11) is 2.10. The molecule has 1 amide bonds. The molecule has 2 unspecified atom stereocenters. The van der Waals surface area contributed by atoms with Crippen LogP contribution < -0.4 is 5.32 Å². The van der Waals surface area contributed by atoms with E-state index in [1.807, 2.05) is 30.3 Å². The Labute approximate surface area is 165 Å². The molecule has 3 rings (SSSR count). The number of likely N-dealkylation sites (tertiary alicyclic amines) is 1. The maximum absolute atomic E-state index is 13.8. The zero-order chi connectivity index (χ0) is 19.6. The predicted octanol–water partition coefficient (Wildman–Crippen LogP) is 5.07. The van der Waals surface area contributed by atoms with E-state index in [-0.39, 0.29) is 28.1 Å². The van der Waals surface area contributed by atoms with Crippen LogP contribution in [0.4, 0.5) is 4.39 Å². The molecule has 2 aromatic rings. The van der Waals surface area contributed by atoms with Crippen molar-refractivity contribution in [3.63, 3.8) is 0 Å². The summed E-state index contributed by atoms with van der Waals surface area (Å²) >= 11 is 6.04. The Morgan fingerprint density at radius 3 is 2.63 bits per heavy atom. The maximum atomic E-state index is 13.8. The van der Waals surface area contributed by atoms with Crippen LogP contribution in [0.15, 0.2) is 48.5 Å². The molecule has 0 spiro atoms. The normalized spacial score (nSPS) is 24.4. The van der Waals surface area contributed by atoms with E-state index in [1.54, 1.807) is 6.07 Å². The summed E-state index contributed by atoms with van der Waals surface area (Å²) < 4.78 is 13.8. The van der Waals surface area contributed by atoms with Crippen molar-refractivity contribution in [1.82, 2.24) is 10.2 Å². The second kappa shape index (κ2) is 7.99. The smallest absolute Gasteiger partial charge is 0.253 e. The van der Waals surface area contributed by atoms with Gasteiger partial charge in [-0.1, -0.05) is 54.9 Å². The highest BCUT2D eigenvalue weighted by Crippen LogP contribution is 2.39. The molecular formula is C22H26ClFN2O. The van der Waals surface area contributed by atoms with Crippen molar-refractivity contribution < 1.29 is 9.18 Å². The van der Waals surface area contributed by atoms with Gasteiger partial charge >= 0.3 is 0 Å². The third-order valence-electron chi connectivity index (χ3n) is 5.83. The topological polar surface area (TPSA) is 32.3 Å². The highest BCUT2D eigenvalue weighted by molar-refractivity contribution is 6.34. The largest absolute Gasteiger partial charge is 0.343 e. The lowest BCUT2D eigenvalue weighted by atomic mass is 9.76. The molecule has 0 bridgehead atoms. The van der Waals surface area contributed by atoms with E-state index in [0.29, 0.717) is 5.92 Å². The van der Waals surface area contributed by atoms with Crippen LogP contribution in [0.5, 0.6) is 0 Å². The van der Waals surface area contributed by atoms with Gasteiger partial charge in [-0.2, -0.15) is 0 Å².